The molecule has 0 aliphatic carbocycles. The average Bonchev–Trinajstić information content (AvgIpc) is 3.25. The van der Waals surface area contributed by atoms with E-state index in [0.29, 0.717) is 37.6 Å². The van der Waals surface area contributed by atoms with Gasteiger partial charge in [-0.05, 0) is 58.2 Å². The van der Waals surface area contributed by atoms with Crippen LogP contribution in [0.2, 0.25) is 5.02 Å². The lowest BCUT2D eigenvalue weighted by atomic mass is 10.1. The Morgan fingerprint density at radius 1 is 1.08 bits per heavy atom. The summed E-state index contributed by atoms with van der Waals surface area (Å²) in [7, 11) is 1.57. The summed E-state index contributed by atoms with van der Waals surface area (Å²) in [6.07, 6.45) is 5.77. The van der Waals surface area contributed by atoms with E-state index in [0.717, 1.165) is 16.7 Å². The van der Waals surface area contributed by atoms with Gasteiger partial charge in [0.05, 0.1) is 24.4 Å². The predicted octanol–water partition coefficient (Wildman–Crippen LogP) is 5.13. The van der Waals surface area contributed by atoms with Gasteiger partial charge in [-0.3, -0.25) is 9.48 Å². The van der Waals surface area contributed by atoms with Gasteiger partial charge in [0, 0.05) is 42.7 Å². The molecule has 1 N–H and O–H groups in total. The summed E-state index contributed by atoms with van der Waals surface area (Å²) in [6.45, 7) is 8.40. The lowest BCUT2D eigenvalue weighted by Gasteiger charge is -2.33. The van der Waals surface area contributed by atoms with Crippen molar-refractivity contribution in [3.63, 3.8) is 0 Å². The second kappa shape index (κ2) is 10.8. The summed E-state index contributed by atoms with van der Waals surface area (Å²) in [4.78, 5) is 36.0. The van der Waals surface area contributed by atoms with Gasteiger partial charge in [0.2, 0.25) is 5.88 Å². The van der Waals surface area contributed by atoms with Crippen LogP contribution in [-0.4, -0.2) is 62.4 Å². The number of methoxy groups -OCH3 is 1. The molecule has 196 valence electrons. The molecule has 4 rings (SSSR count). The number of anilines is 1. The van der Waals surface area contributed by atoms with E-state index in [-0.39, 0.29) is 22.9 Å². The molecule has 3 aromatic rings. The second-order valence-electron chi connectivity index (χ2n) is 9.92. The monoisotopic (exact) mass is 526 g/mol. The van der Waals surface area contributed by atoms with Gasteiger partial charge in [-0.25, -0.2) is 14.8 Å². The zero-order valence-corrected chi connectivity index (χ0v) is 22.4. The predicted molar refractivity (Wildman–Crippen MR) is 140 cm³/mol. The first-order chi connectivity index (χ1) is 17.6. The van der Waals surface area contributed by atoms with Crippen molar-refractivity contribution in [3.05, 3.63) is 53.1 Å². The van der Waals surface area contributed by atoms with Gasteiger partial charge >= 0.3 is 6.09 Å². The van der Waals surface area contributed by atoms with Crippen LogP contribution < -0.4 is 10.1 Å². The smallest absolute Gasteiger partial charge is 0.410 e. The highest BCUT2D eigenvalue weighted by atomic mass is 35.5. The minimum absolute atomic E-state index is 0.0778. The third kappa shape index (κ3) is 6.19. The normalized spacial score (nSPS) is 14.4. The Morgan fingerprint density at radius 2 is 1.78 bits per heavy atom. The van der Waals surface area contributed by atoms with Crippen LogP contribution >= 0.6 is 11.6 Å². The summed E-state index contributed by atoms with van der Waals surface area (Å²) in [5.41, 5.74) is 2.25. The van der Waals surface area contributed by atoms with Crippen LogP contribution in [0.5, 0.6) is 5.88 Å². The molecule has 0 bridgehead atoms. The molecule has 10 nitrogen and oxygen atoms in total. The lowest BCUT2D eigenvalue weighted by Crippen LogP contribution is -2.42. The van der Waals surface area contributed by atoms with E-state index < -0.39 is 11.5 Å². The maximum Gasteiger partial charge on any atom is 0.410 e. The first kappa shape index (κ1) is 26.4. The molecular weight excluding hydrogens is 496 g/mol. The summed E-state index contributed by atoms with van der Waals surface area (Å²) >= 11 is 6.38. The number of amides is 2. The van der Waals surface area contributed by atoms with Crippen molar-refractivity contribution in [1.29, 1.82) is 0 Å². The first-order valence-electron chi connectivity index (χ1n) is 12.0. The number of piperidine rings is 1. The molecular formula is C26H31ClN6O4. The minimum Gasteiger partial charge on any atom is -0.481 e. The van der Waals surface area contributed by atoms with Crippen LogP contribution in [0.15, 0.2) is 36.8 Å². The Labute approximate surface area is 220 Å². The maximum atomic E-state index is 13.3. The highest BCUT2D eigenvalue weighted by molar-refractivity contribution is 6.34. The number of pyridine rings is 2. The number of aryl methyl sites for hydroxylation is 1. The Hall–Kier alpha value is -3.66. The second-order valence-corrected chi connectivity index (χ2v) is 10.3. The van der Waals surface area contributed by atoms with E-state index in [4.69, 9.17) is 21.1 Å². The van der Waals surface area contributed by atoms with Gasteiger partial charge in [0.1, 0.15) is 17.1 Å². The van der Waals surface area contributed by atoms with Crippen molar-refractivity contribution in [2.45, 2.75) is 52.2 Å². The van der Waals surface area contributed by atoms with Crippen LogP contribution in [0.25, 0.3) is 11.1 Å². The highest BCUT2D eigenvalue weighted by Gasteiger charge is 2.30. The van der Waals surface area contributed by atoms with Crippen molar-refractivity contribution < 1.29 is 19.1 Å². The third-order valence-corrected chi connectivity index (χ3v) is 6.29. The van der Waals surface area contributed by atoms with Crippen LogP contribution in [0, 0.1) is 6.92 Å². The van der Waals surface area contributed by atoms with E-state index in [2.05, 4.69) is 20.4 Å². The largest absolute Gasteiger partial charge is 0.481 e. The average molecular weight is 527 g/mol. The molecule has 3 aromatic heterocycles. The first-order valence-corrected chi connectivity index (χ1v) is 12.4. The van der Waals surface area contributed by atoms with Crippen molar-refractivity contribution >= 4 is 29.4 Å². The van der Waals surface area contributed by atoms with E-state index >= 15 is 0 Å². The van der Waals surface area contributed by atoms with Gasteiger partial charge < -0.3 is 19.7 Å². The van der Waals surface area contributed by atoms with Crippen molar-refractivity contribution in [2.24, 2.45) is 0 Å². The number of carbonyl (C=O) groups is 2. The van der Waals surface area contributed by atoms with E-state index in [9.17, 15) is 9.59 Å². The molecule has 1 saturated heterocycles. The summed E-state index contributed by atoms with van der Waals surface area (Å²) in [5.74, 6) is 0.562. The van der Waals surface area contributed by atoms with Crippen LogP contribution in [0.4, 0.5) is 10.6 Å². The van der Waals surface area contributed by atoms with Crippen molar-refractivity contribution in [3.8, 4) is 17.0 Å². The molecule has 1 aliphatic heterocycles. The molecule has 0 aromatic carbocycles. The number of hydrogen-bond acceptors (Lipinski definition) is 7. The molecule has 0 radical (unpaired) electrons. The summed E-state index contributed by atoms with van der Waals surface area (Å²) in [5, 5.41) is 7.50. The van der Waals surface area contributed by atoms with E-state index in [1.165, 1.54) is 6.20 Å². The van der Waals surface area contributed by atoms with Gasteiger partial charge in [-0.2, -0.15) is 5.10 Å². The van der Waals surface area contributed by atoms with Gasteiger partial charge in [-0.15, -0.1) is 0 Å². The SMILES string of the molecule is COc1ccc(-c2cnc(NC(=O)c3c(Cl)cnn3C3CCN(C(=O)OC(C)(C)C)CC3)c(C)c2)cn1. The van der Waals surface area contributed by atoms with Crippen LogP contribution in [-0.2, 0) is 4.74 Å². The number of aromatic nitrogens is 4. The lowest BCUT2D eigenvalue weighted by molar-refractivity contribution is 0.0183. The molecule has 0 unspecified atom stereocenters. The molecule has 0 saturated carbocycles. The summed E-state index contributed by atoms with van der Waals surface area (Å²) in [6, 6.07) is 5.53. The van der Waals surface area contributed by atoms with Gasteiger partial charge in [0.15, 0.2) is 0 Å². The van der Waals surface area contributed by atoms with E-state index in [1.54, 1.807) is 35.2 Å². The molecule has 2 amide bonds. The molecule has 0 spiro atoms. The topological polar surface area (TPSA) is 111 Å². The number of nitrogens with one attached hydrogen (secondary N) is 1. The number of carbonyl (C=O) groups excluding carboxylic acids is 2. The quantitative estimate of drug-likeness (QED) is 0.490. The Kier molecular flexibility index (Phi) is 7.68. The zero-order chi connectivity index (χ0) is 26.7. The van der Waals surface area contributed by atoms with Crippen LogP contribution in [0.3, 0.4) is 0 Å². The van der Waals surface area contributed by atoms with Gasteiger partial charge in [0.25, 0.3) is 5.91 Å². The zero-order valence-electron chi connectivity index (χ0n) is 21.6. The number of hydrogen-bond donors (Lipinski definition) is 1. The fourth-order valence-electron chi connectivity index (χ4n) is 4.15. The van der Waals surface area contributed by atoms with Crippen LogP contribution in [0.1, 0.15) is 55.7 Å². The molecule has 1 aliphatic rings. The molecule has 1 fully saturated rings. The minimum atomic E-state index is -0.551. The van der Waals surface area contributed by atoms with Crippen molar-refractivity contribution in [1.82, 2.24) is 24.6 Å². The number of ether oxygens (including phenoxy) is 2. The number of likely N-dealkylation sites (tertiary alicyclic amines) is 1. The molecule has 4 heterocycles. The maximum absolute atomic E-state index is 13.3. The fraction of sp³-hybridized carbons (Fsp3) is 0.423. The Morgan fingerprint density at radius 3 is 2.38 bits per heavy atom. The van der Waals surface area contributed by atoms with E-state index in [1.807, 2.05) is 39.8 Å². The fourth-order valence-corrected chi connectivity index (χ4v) is 4.37. The molecule has 0 atom stereocenters. The molecule has 37 heavy (non-hydrogen) atoms. The number of nitrogens with zero attached hydrogens (tertiary/aromatic N) is 5. The number of halogens is 1. The Balaban J connectivity index is 1.45. The molecule has 11 heteroatoms. The van der Waals surface area contributed by atoms with Gasteiger partial charge in [-0.1, -0.05) is 11.6 Å². The Bertz CT molecular complexity index is 1280. The third-order valence-electron chi connectivity index (χ3n) is 6.02. The summed E-state index contributed by atoms with van der Waals surface area (Å²) < 4.78 is 12.2. The standard InChI is InChI=1S/C26H31ClN6O4/c1-16-12-18(17-6-7-21(36-5)28-13-17)14-29-23(16)31-24(34)22-20(27)15-30-33(22)19-8-10-32(11-9-19)25(35)37-26(2,3)4/h6-7,12-15,19H,8-11H2,1-5H3,(H,29,31,34). The number of rotatable bonds is 5. The highest BCUT2D eigenvalue weighted by Crippen LogP contribution is 2.29. The van der Waals surface area contributed by atoms with Crippen molar-refractivity contribution in [2.75, 3.05) is 25.5 Å².